The van der Waals surface area contributed by atoms with E-state index in [0.29, 0.717) is 18.8 Å². The molecule has 0 spiro atoms. The molecule has 23 heavy (non-hydrogen) atoms. The normalized spacial score (nSPS) is 10.3. The smallest absolute Gasteiger partial charge is 0.262 e. The van der Waals surface area contributed by atoms with E-state index in [1.165, 1.54) is 0 Å². The Bertz CT molecular complexity index is 609. The average Bonchev–Trinajstić information content (AvgIpc) is 2.56. The number of aliphatic hydroxyl groups is 1. The summed E-state index contributed by atoms with van der Waals surface area (Å²) in [6.45, 7) is 3.34. The molecule has 0 aliphatic heterocycles. The molecule has 2 aromatic rings. The van der Waals surface area contributed by atoms with Crippen molar-refractivity contribution in [2.75, 3.05) is 25.1 Å². The molecular formula is C18H22N2O3. The van der Waals surface area contributed by atoms with Crippen LogP contribution in [0.25, 0.3) is 0 Å². The van der Waals surface area contributed by atoms with Gasteiger partial charge in [0.25, 0.3) is 5.91 Å². The van der Waals surface area contributed by atoms with Crippen LogP contribution in [0.4, 0.5) is 5.69 Å². The number of nitrogens with one attached hydrogen (secondary N) is 2. The first kappa shape index (κ1) is 17.0. The molecule has 0 fully saturated rings. The molecule has 0 atom stereocenters. The summed E-state index contributed by atoms with van der Waals surface area (Å²) in [6.07, 6.45) is 0. The van der Waals surface area contributed by atoms with Crippen molar-refractivity contribution >= 4 is 11.6 Å². The lowest BCUT2D eigenvalue weighted by Gasteiger charge is -2.09. The lowest BCUT2D eigenvalue weighted by Crippen LogP contribution is -2.20. The summed E-state index contributed by atoms with van der Waals surface area (Å²) in [6, 6.07) is 15.1. The molecule has 0 aromatic heterocycles. The Balaban J connectivity index is 1.76. The number of aliphatic hydroxyl groups excluding tert-OH is 1. The quantitative estimate of drug-likeness (QED) is 0.653. The van der Waals surface area contributed by atoms with E-state index in [2.05, 4.69) is 10.6 Å². The van der Waals surface area contributed by atoms with Gasteiger partial charge in [0.1, 0.15) is 5.75 Å². The second-order valence-corrected chi connectivity index (χ2v) is 5.25. The van der Waals surface area contributed by atoms with Crippen molar-refractivity contribution in [3.63, 3.8) is 0 Å². The molecule has 5 heteroatoms. The van der Waals surface area contributed by atoms with Crippen LogP contribution in [0.5, 0.6) is 5.75 Å². The van der Waals surface area contributed by atoms with Crippen molar-refractivity contribution in [2.24, 2.45) is 0 Å². The number of hydrogen-bond donors (Lipinski definition) is 3. The van der Waals surface area contributed by atoms with Gasteiger partial charge in [-0.05, 0) is 36.8 Å². The highest BCUT2D eigenvalue weighted by Crippen LogP contribution is 2.13. The van der Waals surface area contributed by atoms with Crippen LogP contribution in [0.1, 0.15) is 11.1 Å². The molecule has 0 aliphatic carbocycles. The van der Waals surface area contributed by atoms with Gasteiger partial charge >= 0.3 is 0 Å². The minimum Gasteiger partial charge on any atom is -0.484 e. The Labute approximate surface area is 136 Å². The molecule has 5 nitrogen and oxygen atoms in total. The summed E-state index contributed by atoms with van der Waals surface area (Å²) in [5, 5.41) is 14.6. The van der Waals surface area contributed by atoms with Gasteiger partial charge in [-0.2, -0.15) is 0 Å². The molecule has 0 heterocycles. The van der Waals surface area contributed by atoms with Crippen molar-refractivity contribution in [2.45, 2.75) is 13.5 Å². The van der Waals surface area contributed by atoms with Crippen molar-refractivity contribution in [3.05, 3.63) is 59.7 Å². The van der Waals surface area contributed by atoms with Gasteiger partial charge in [0.15, 0.2) is 6.61 Å². The molecule has 0 bridgehead atoms. The summed E-state index contributed by atoms with van der Waals surface area (Å²) in [4.78, 5) is 11.8. The Kier molecular flexibility index (Phi) is 6.59. The molecule has 2 aromatic carbocycles. The largest absolute Gasteiger partial charge is 0.484 e. The standard InChI is InChI=1S/C18H22N2O3/c1-14-2-6-16(7-3-14)20-18(22)13-23-17-8-4-15(5-9-17)12-19-10-11-21/h2-9,19,21H,10-13H2,1H3,(H,20,22). The molecule has 0 radical (unpaired) electrons. The van der Waals surface area contributed by atoms with Crippen LogP contribution in [0.3, 0.4) is 0 Å². The third kappa shape index (κ3) is 6.10. The van der Waals surface area contributed by atoms with Crippen LogP contribution in [-0.2, 0) is 11.3 Å². The number of rotatable bonds is 8. The second-order valence-electron chi connectivity index (χ2n) is 5.25. The fourth-order valence-electron chi connectivity index (χ4n) is 2.00. The fourth-order valence-corrected chi connectivity index (χ4v) is 2.00. The molecular weight excluding hydrogens is 292 g/mol. The number of carbonyl (C=O) groups is 1. The summed E-state index contributed by atoms with van der Waals surface area (Å²) >= 11 is 0. The number of anilines is 1. The minimum atomic E-state index is -0.192. The zero-order valence-corrected chi connectivity index (χ0v) is 13.2. The van der Waals surface area contributed by atoms with Gasteiger partial charge in [0.05, 0.1) is 6.61 Å². The zero-order chi connectivity index (χ0) is 16.5. The third-order valence-corrected chi connectivity index (χ3v) is 3.25. The van der Waals surface area contributed by atoms with Gasteiger partial charge in [-0.3, -0.25) is 4.79 Å². The zero-order valence-electron chi connectivity index (χ0n) is 13.2. The fraction of sp³-hybridized carbons (Fsp3) is 0.278. The molecule has 2 rings (SSSR count). The summed E-state index contributed by atoms with van der Waals surface area (Å²) in [5.41, 5.74) is 3.00. The van der Waals surface area contributed by atoms with E-state index in [4.69, 9.17) is 9.84 Å². The maximum Gasteiger partial charge on any atom is 0.262 e. The highest BCUT2D eigenvalue weighted by atomic mass is 16.5. The number of amides is 1. The van der Waals surface area contributed by atoms with Crippen molar-refractivity contribution in [3.8, 4) is 5.75 Å². The van der Waals surface area contributed by atoms with Crippen LogP contribution < -0.4 is 15.4 Å². The van der Waals surface area contributed by atoms with Crippen LogP contribution >= 0.6 is 0 Å². The lowest BCUT2D eigenvalue weighted by molar-refractivity contribution is -0.118. The topological polar surface area (TPSA) is 70.6 Å². The first-order valence-electron chi connectivity index (χ1n) is 7.57. The third-order valence-electron chi connectivity index (χ3n) is 3.25. The van der Waals surface area contributed by atoms with Gasteiger partial charge in [-0.25, -0.2) is 0 Å². The molecule has 122 valence electrons. The summed E-state index contributed by atoms with van der Waals surface area (Å²) in [7, 11) is 0. The van der Waals surface area contributed by atoms with Crippen LogP contribution in [0.2, 0.25) is 0 Å². The van der Waals surface area contributed by atoms with E-state index in [1.807, 2.05) is 55.5 Å². The second kappa shape index (κ2) is 8.92. The van der Waals surface area contributed by atoms with Gasteiger partial charge in [-0.1, -0.05) is 29.8 Å². The van der Waals surface area contributed by atoms with Crippen LogP contribution in [0.15, 0.2) is 48.5 Å². The number of ether oxygens (including phenoxy) is 1. The summed E-state index contributed by atoms with van der Waals surface area (Å²) < 4.78 is 5.47. The Morgan fingerprint density at radius 2 is 1.78 bits per heavy atom. The molecule has 0 unspecified atom stereocenters. The molecule has 3 N–H and O–H groups in total. The van der Waals surface area contributed by atoms with Crippen molar-refractivity contribution in [1.82, 2.24) is 5.32 Å². The number of hydrogen-bond acceptors (Lipinski definition) is 4. The Morgan fingerprint density at radius 3 is 2.43 bits per heavy atom. The van der Waals surface area contributed by atoms with Gasteiger partial charge in [0.2, 0.25) is 0 Å². The Hall–Kier alpha value is -2.37. The van der Waals surface area contributed by atoms with E-state index in [9.17, 15) is 4.79 Å². The maximum absolute atomic E-state index is 11.8. The number of carbonyl (C=O) groups excluding carboxylic acids is 1. The van der Waals surface area contributed by atoms with Gasteiger partial charge in [0, 0.05) is 18.8 Å². The predicted octanol–water partition coefficient (Wildman–Crippen LogP) is 2.09. The van der Waals surface area contributed by atoms with Crippen LogP contribution in [0, 0.1) is 6.92 Å². The number of aryl methyl sites for hydroxylation is 1. The predicted molar refractivity (Wildman–Crippen MR) is 90.5 cm³/mol. The highest BCUT2D eigenvalue weighted by Gasteiger charge is 2.04. The molecule has 0 saturated carbocycles. The lowest BCUT2D eigenvalue weighted by atomic mass is 10.2. The van der Waals surface area contributed by atoms with E-state index in [1.54, 1.807) is 0 Å². The first-order chi connectivity index (χ1) is 11.2. The van der Waals surface area contributed by atoms with Crippen molar-refractivity contribution in [1.29, 1.82) is 0 Å². The van der Waals surface area contributed by atoms with E-state index in [0.717, 1.165) is 16.8 Å². The van der Waals surface area contributed by atoms with E-state index in [-0.39, 0.29) is 19.1 Å². The first-order valence-corrected chi connectivity index (χ1v) is 7.57. The van der Waals surface area contributed by atoms with Crippen LogP contribution in [-0.4, -0.2) is 30.8 Å². The number of benzene rings is 2. The van der Waals surface area contributed by atoms with Gasteiger partial charge in [-0.15, -0.1) is 0 Å². The van der Waals surface area contributed by atoms with E-state index >= 15 is 0 Å². The highest BCUT2D eigenvalue weighted by molar-refractivity contribution is 5.91. The molecule has 0 aliphatic rings. The molecule has 1 amide bonds. The maximum atomic E-state index is 11.8. The monoisotopic (exact) mass is 314 g/mol. The van der Waals surface area contributed by atoms with Crippen molar-refractivity contribution < 1.29 is 14.6 Å². The van der Waals surface area contributed by atoms with E-state index < -0.39 is 0 Å². The molecule has 0 saturated heterocycles. The Morgan fingerprint density at radius 1 is 1.09 bits per heavy atom. The minimum absolute atomic E-state index is 0.0318. The van der Waals surface area contributed by atoms with Gasteiger partial charge < -0.3 is 20.5 Å². The summed E-state index contributed by atoms with van der Waals surface area (Å²) in [5.74, 6) is 0.456. The average molecular weight is 314 g/mol. The SMILES string of the molecule is Cc1ccc(NC(=O)COc2ccc(CNCCO)cc2)cc1.